The highest BCUT2D eigenvalue weighted by Gasteiger charge is 2.21. The molecule has 0 bridgehead atoms. The molecule has 1 saturated heterocycles. The van der Waals surface area contributed by atoms with Gasteiger partial charge in [0.05, 0.1) is 17.7 Å². The number of thioether (sulfide) groups is 1. The second-order valence-electron chi connectivity index (χ2n) is 5.46. The van der Waals surface area contributed by atoms with E-state index in [1.54, 1.807) is 49.6 Å². The highest BCUT2D eigenvalue weighted by Crippen LogP contribution is 2.26. The van der Waals surface area contributed by atoms with Gasteiger partial charge in [0.25, 0.3) is 11.8 Å². The van der Waals surface area contributed by atoms with Crippen LogP contribution in [0.5, 0.6) is 11.5 Å². The molecule has 2 amide bonds. The minimum Gasteiger partial charge on any atom is -0.495 e. The first-order chi connectivity index (χ1) is 13.0. The van der Waals surface area contributed by atoms with Gasteiger partial charge >= 0.3 is 0 Å². The second kappa shape index (κ2) is 8.70. The van der Waals surface area contributed by atoms with E-state index in [0.29, 0.717) is 26.4 Å². The van der Waals surface area contributed by atoms with E-state index in [0.717, 1.165) is 5.56 Å². The molecule has 0 aliphatic carbocycles. The summed E-state index contributed by atoms with van der Waals surface area (Å²) in [4.78, 5) is 24.3. The van der Waals surface area contributed by atoms with Crippen molar-refractivity contribution in [1.29, 1.82) is 0 Å². The summed E-state index contributed by atoms with van der Waals surface area (Å²) in [6.45, 7) is -0.134. The largest absolute Gasteiger partial charge is 0.495 e. The van der Waals surface area contributed by atoms with Crippen LogP contribution in [-0.4, -0.2) is 29.9 Å². The highest BCUT2D eigenvalue weighted by atomic mass is 32.2. The van der Waals surface area contributed by atoms with E-state index in [4.69, 9.17) is 21.7 Å². The summed E-state index contributed by atoms with van der Waals surface area (Å²) >= 11 is 6.18. The monoisotopic (exact) mass is 400 g/mol. The third kappa shape index (κ3) is 5.08. The fourth-order valence-electron chi connectivity index (χ4n) is 2.32. The van der Waals surface area contributed by atoms with Crippen LogP contribution < -0.4 is 20.1 Å². The van der Waals surface area contributed by atoms with E-state index in [9.17, 15) is 9.59 Å². The van der Waals surface area contributed by atoms with Crippen LogP contribution in [0.2, 0.25) is 0 Å². The van der Waals surface area contributed by atoms with Gasteiger partial charge in [-0.25, -0.2) is 0 Å². The quantitative estimate of drug-likeness (QED) is 0.573. The van der Waals surface area contributed by atoms with Gasteiger partial charge in [-0.05, 0) is 35.9 Å². The summed E-state index contributed by atoms with van der Waals surface area (Å²) in [7, 11) is 1.54. The molecule has 0 radical (unpaired) electrons. The van der Waals surface area contributed by atoms with Gasteiger partial charge in [-0.2, -0.15) is 0 Å². The lowest BCUT2D eigenvalue weighted by molar-refractivity contribution is -0.118. The molecule has 2 aromatic carbocycles. The number of hydrogen-bond donors (Lipinski definition) is 2. The Hall–Kier alpha value is -2.84. The number of nitrogens with one attached hydrogen (secondary N) is 2. The fourth-order valence-corrected chi connectivity index (χ4v) is 3.36. The molecule has 0 saturated carbocycles. The van der Waals surface area contributed by atoms with Crippen LogP contribution in [0.3, 0.4) is 0 Å². The molecule has 1 fully saturated rings. The van der Waals surface area contributed by atoms with Crippen LogP contribution in [-0.2, 0) is 9.59 Å². The summed E-state index contributed by atoms with van der Waals surface area (Å²) in [5, 5.41) is 5.31. The van der Waals surface area contributed by atoms with Crippen molar-refractivity contribution < 1.29 is 19.1 Å². The van der Waals surface area contributed by atoms with Gasteiger partial charge in [-0.3, -0.25) is 9.59 Å². The molecule has 2 aromatic rings. The van der Waals surface area contributed by atoms with Crippen molar-refractivity contribution >= 4 is 51.9 Å². The van der Waals surface area contributed by atoms with Gasteiger partial charge in [0.1, 0.15) is 15.8 Å². The van der Waals surface area contributed by atoms with Crippen LogP contribution in [0.1, 0.15) is 5.56 Å². The zero-order chi connectivity index (χ0) is 19.2. The van der Waals surface area contributed by atoms with Crippen LogP contribution in [0.4, 0.5) is 5.69 Å². The predicted octanol–water partition coefficient (Wildman–Crippen LogP) is 3.20. The number of anilines is 1. The summed E-state index contributed by atoms with van der Waals surface area (Å²) in [6, 6.07) is 14.2. The lowest BCUT2D eigenvalue weighted by Crippen LogP contribution is -2.20. The van der Waals surface area contributed by atoms with E-state index < -0.39 is 0 Å². The van der Waals surface area contributed by atoms with E-state index in [1.807, 2.05) is 12.1 Å². The van der Waals surface area contributed by atoms with Crippen LogP contribution in [0.15, 0.2) is 53.4 Å². The van der Waals surface area contributed by atoms with Crippen LogP contribution in [0.25, 0.3) is 6.08 Å². The van der Waals surface area contributed by atoms with Crippen molar-refractivity contribution in [2.24, 2.45) is 0 Å². The zero-order valence-corrected chi connectivity index (χ0v) is 16.0. The zero-order valence-electron chi connectivity index (χ0n) is 14.4. The first kappa shape index (κ1) is 18.9. The molecule has 138 valence electrons. The van der Waals surface area contributed by atoms with Gasteiger partial charge in [0.15, 0.2) is 6.61 Å². The Morgan fingerprint density at radius 3 is 2.63 bits per heavy atom. The molecule has 0 spiro atoms. The Bertz CT molecular complexity index is 910. The summed E-state index contributed by atoms with van der Waals surface area (Å²) < 4.78 is 11.1. The van der Waals surface area contributed by atoms with Crippen molar-refractivity contribution in [3.63, 3.8) is 0 Å². The maximum absolute atomic E-state index is 12.1. The number of carbonyl (C=O) groups excluding carboxylic acids is 2. The molecule has 1 heterocycles. The van der Waals surface area contributed by atoms with E-state index in [-0.39, 0.29) is 18.4 Å². The molecular formula is C19H16N2O4S2. The van der Waals surface area contributed by atoms with Gasteiger partial charge in [-0.1, -0.05) is 48.2 Å². The number of benzene rings is 2. The maximum Gasteiger partial charge on any atom is 0.263 e. The average molecular weight is 400 g/mol. The number of hydrogen-bond acceptors (Lipinski definition) is 6. The Morgan fingerprint density at radius 2 is 1.96 bits per heavy atom. The van der Waals surface area contributed by atoms with Crippen LogP contribution in [0, 0.1) is 0 Å². The SMILES string of the molecule is COc1ccccc1NC(=O)COc1ccc(/C=C2/SC(=S)NC2=O)cc1. The maximum atomic E-state index is 12.1. The number of methoxy groups -OCH3 is 1. The van der Waals surface area contributed by atoms with Crippen molar-refractivity contribution in [3.8, 4) is 11.5 Å². The van der Waals surface area contributed by atoms with Crippen molar-refractivity contribution in [3.05, 3.63) is 59.0 Å². The Labute approximate surface area is 165 Å². The third-order valence-electron chi connectivity index (χ3n) is 3.57. The van der Waals surface area contributed by atoms with Gasteiger partial charge in [0, 0.05) is 0 Å². The van der Waals surface area contributed by atoms with Crippen molar-refractivity contribution in [2.45, 2.75) is 0 Å². The molecule has 6 nitrogen and oxygen atoms in total. The van der Waals surface area contributed by atoms with Crippen molar-refractivity contribution in [2.75, 3.05) is 19.0 Å². The highest BCUT2D eigenvalue weighted by molar-refractivity contribution is 8.26. The lowest BCUT2D eigenvalue weighted by Gasteiger charge is -2.10. The summed E-state index contributed by atoms with van der Waals surface area (Å²) in [5.74, 6) is 0.638. The first-order valence-corrected chi connectivity index (χ1v) is 9.18. The van der Waals surface area contributed by atoms with Gasteiger partial charge in [0.2, 0.25) is 0 Å². The molecule has 27 heavy (non-hydrogen) atoms. The lowest BCUT2D eigenvalue weighted by atomic mass is 10.2. The standard InChI is InChI=1S/C19H16N2O4S2/c1-24-15-5-3-2-4-14(15)20-17(22)11-25-13-8-6-12(7-9-13)10-16-18(23)21-19(26)27-16/h2-10H,11H2,1H3,(H,20,22)(H,21,23,26)/b16-10+. The number of para-hydroxylation sites is 2. The van der Waals surface area contributed by atoms with Crippen molar-refractivity contribution in [1.82, 2.24) is 5.32 Å². The number of thiocarbonyl (C=S) groups is 1. The molecule has 0 atom stereocenters. The predicted molar refractivity (Wildman–Crippen MR) is 110 cm³/mol. The molecule has 2 N–H and O–H groups in total. The molecule has 0 unspecified atom stereocenters. The van der Waals surface area contributed by atoms with E-state index in [1.165, 1.54) is 11.8 Å². The Balaban J connectivity index is 1.56. The Kier molecular flexibility index (Phi) is 6.10. The Morgan fingerprint density at radius 1 is 1.22 bits per heavy atom. The molecule has 1 aliphatic heterocycles. The van der Waals surface area contributed by atoms with E-state index in [2.05, 4.69) is 10.6 Å². The summed E-state index contributed by atoms with van der Waals surface area (Å²) in [5.41, 5.74) is 1.42. The topological polar surface area (TPSA) is 76.7 Å². The minimum absolute atomic E-state index is 0.134. The van der Waals surface area contributed by atoms with Gasteiger partial charge in [-0.15, -0.1) is 0 Å². The van der Waals surface area contributed by atoms with Gasteiger partial charge < -0.3 is 20.1 Å². The van der Waals surface area contributed by atoms with E-state index >= 15 is 0 Å². The summed E-state index contributed by atoms with van der Waals surface area (Å²) in [6.07, 6.45) is 1.75. The molecule has 0 aromatic heterocycles. The smallest absolute Gasteiger partial charge is 0.263 e. The number of rotatable bonds is 6. The molecule has 8 heteroatoms. The minimum atomic E-state index is -0.293. The normalized spacial score (nSPS) is 14.8. The number of ether oxygens (including phenoxy) is 2. The average Bonchev–Trinajstić information content (AvgIpc) is 2.98. The molecular weight excluding hydrogens is 384 g/mol. The fraction of sp³-hybridized carbons (Fsp3) is 0.105. The molecule has 3 rings (SSSR count). The number of carbonyl (C=O) groups is 2. The first-order valence-electron chi connectivity index (χ1n) is 7.96. The third-order valence-corrected chi connectivity index (χ3v) is 4.73. The van der Waals surface area contributed by atoms with Crippen LogP contribution >= 0.6 is 24.0 Å². The molecule has 1 aliphatic rings. The second-order valence-corrected chi connectivity index (χ2v) is 7.18. The number of amides is 2.